The Morgan fingerprint density at radius 1 is 1.19 bits per heavy atom. The van der Waals surface area contributed by atoms with Gasteiger partial charge >= 0.3 is 0 Å². The van der Waals surface area contributed by atoms with Gasteiger partial charge in [0, 0.05) is 17.5 Å². The number of aryl methyl sites for hydroxylation is 2. The molecule has 3 heteroatoms. The van der Waals surface area contributed by atoms with Crippen LogP contribution in [0.15, 0.2) is 30.3 Å². The molecule has 1 unspecified atom stereocenters. The van der Waals surface area contributed by atoms with E-state index in [0.717, 1.165) is 46.4 Å². The van der Waals surface area contributed by atoms with Crippen LogP contribution in [0.25, 0.3) is 11.1 Å². The zero-order chi connectivity index (χ0) is 15.0. The highest BCUT2D eigenvalue weighted by Crippen LogP contribution is 2.41. The Kier molecular flexibility index (Phi) is 3.68. The molecule has 0 fully saturated rings. The molecule has 0 saturated carbocycles. The van der Waals surface area contributed by atoms with E-state index in [1.165, 1.54) is 0 Å². The zero-order valence-electron chi connectivity index (χ0n) is 12.4. The lowest BCUT2D eigenvalue weighted by atomic mass is 9.95. The van der Waals surface area contributed by atoms with Crippen LogP contribution in [0.4, 0.5) is 4.39 Å². The van der Waals surface area contributed by atoms with Crippen molar-refractivity contribution in [2.45, 2.75) is 32.8 Å². The van der Waals surface area contributed by atoms with Crippen LogP contribution >= 0.6 is 0 Å². The molecule has 1 aliphatic rings. The molecule has 3 rings (SSSR count). The normalized spacial score (nSPS) is 16.7. The molecule has 2 N–H and O–H groups in total. The lowest BCUT2D eigenvalue weighted by Crippen LogP contribution is -2.17. The minimum atomic E-state index is -0.207. The second-order valence-electron chi connectivity index (χ2n) is 5.78. The molecule has 2 aromatic carbocycles. The molecule has 0 amide bonds. The highest BCUT2D eigenvalue weighted by atomic mass is 19.1. The van der Waals surface area contributed by atoms with E-state index in [2.05, 4.69) is 18.2 Å². The molecule has 0 radical (unpaired) electrons. The predicted molar refractivity (Wildman–Crippen MR) is 83.1 cm³/mol. The molecule has 21 heavy (non-hydrogen) atoms. The zero-order valence-corrected chi connectivity index (χ0v) is 12.4. The van der Waals surface area contributed by atoms with Crippen molar-refractivity contribution in [1.29, 1.82) is 0 Å². The second kappa shape index (κ2) is 5.49. The minimum absolute atomic E-state index is 0.0654. The molecule has 0 bridgehead atoms. The number of fused-ring (bicyclic) bond motifs is 1. The van der Waals surface area contributed by atoms with Crippen LogP contribution in [0.3, 0.4) is 0 Å². The maximum Gasteiger partial charge on any atom is 0.131 e. The number of rotatable bonds is 3. The molecule has 0 aliphatic carbocycles. The lowest BCUT2D eigenvalue weighted by Gasteiger charge is -2.14. The van der Waals surface area contributed by atoms with Gasteiger partial charge in [-0.05, 0) is 50.1 Å². The molecule has 2 nitrogen and oxygen atoms in total. The number of nitrogens with two attached hydrogens (primary N) is 1. The molecule has 2 aromatic rings. The van der Waals surface area contributed by atoms with E-state index < -0.39 is 0 Å². The first-order valence-electron chi connectivity index (χ1n) is 7.35. The standard InChI is InChI=1S/C18H20FNO/c1-11-3-4-12(2)16(7-11)17-10-14(19)8-13-9-15(5-6-20)21-18(13)17/h3-4,7-8,10,15H,5-6,9,20H2,1-2H3. The fourth-order valence-electron chi connectivity index (χ4n) is 2.97. The van der Waals surface area contributed by atoms with Crippen LogP contribution in [-0.4, -0.2) is 12.6 Å². The Morgan fingerprint density at radius 2 is 2.00 bits per heavy atom. The summed E-state index contributed by atoms with van der Waals surface area (Å²) in [4.78, 5) is 0. The molecule has 0 aromatic heterocycles. The van der Waals surface area contributed by atoms with E-state index in [9.17, 15) is 4.39 Å². The Bertz CT molecular complexity index is 681. The van der Waals surface area contributed by atoms with Gasteiger partial charge in [0.15, 0.2) is 0 Å². The Labute approximate surface area is 124 Å². The SMILES string of the molecule is Cc1ccc(C)c(-c2cc(F)cc3c2OC(CCN)C3)c1. The predicted octanol–water partition coefficient (Wildman–Crippen LogP) is 3.76. The Balaban J connectivity index is 2.11. The van der Waals surface area contributed by atoms with Gasteiger partial charge in [-0.15, -0.1) is 0 Å². The van der Waals surface area contributed by atoms with Crippen molar-refractivity contribution < 1.29 is 9.13 Å². The van der Waals surface area contributed by atoms with Gasteiger partial charge in [-0.1, -0.05) is 23.8 Å². The molecule has 0 spiro atoms. The smallest absolute Gasteiger partial charge is 0.131 e. The third-order valence-electron chi connectivity index (χ3n) is 4.03. The number of ether oxygens (including phenoxy) is 1. The first kappa shape index (κ1) is 14.1. The van der Waals surface area contributed by atoms with Gasteiger partial charge in [0.1, 0.15) is 17.7 Å². The lowest BCUT2D eigenvalue weighted by molar-refractivity contribution is 0.225. The topological polar surface area (TPSA) is 35.2 Å². The van der Waals surface area contributed by atoms with Crippen LogP contribution < -0.4 is 10.5 Å². The molecular formula is C18H20FNO. The van der Waals surface area contributed by atoms with Crippen molar-refractivity contribution in [1.82, 2.24) is 0 Å². The van der Waals surface area contributed by atoms with Crippen molar-refractivity contribution >= 4 is 0 Å². The Hall–Kier alpha value is -1.87. The van der Waals surface area contributed by atoms with Crippen LogP contribution in [0, 0.1) is 19.7 Å². The summed E-state index contributed by atoms with van der Waals surface area (Å²) < 4.78 is 20.0. The molecule has 0 saturated heterocycles. The molecular weight excluding hydrogens is 265 g/mol. The molecule has 110 valence electrons. The van der Waals surface area contributed by atoms with E-state index in [-0.39, 0.29) is 11.9 Å². The summed E-state index contributed by atoms with van der Waals surface area (Å²) in [5.74, 6) is 0.616. The van der Waals surface area contributed by atoms with Gasteiger partial charge < -0.3 is 10.5 Å². The van der Waals surface area contributed by atoms with E-state index in [1.54, 1.807) is 12.1 Å². The average molecular weight is 285 g/mol. The highest BCUT2D eigenvalue weighted by molar-refractivity contribution is 5.76. The minimum Gasteiger partial charge on any atom is -0.489 e. The summed E-state index contributed by atoms with van der Waals surface area (Å²) in [6.45, 7) is 4.67. The van der Waals surface area contributed by atoms with Gasteiger partial charge in [0.05, 0.1) is 0 Å². The van der Waals surface area contributed by atoms with Crippen molar-refractivity contribution in [3.05, 3.63) is 52.8 Å². The largest absolute Gasteiger partial charge is 0.489 e. The van der Waals surface area contributed by atoms with Crippen molar-refractivity contribution in [3.8, 4) is 16.9 Å². The maximum absolute atomic E-state index is 14.0. The first-order chi connectivity index (χ1) is 10.1. The summed E-state index contributed by atoms with van der Waals surface area (Å²) in [5, 5.41) is 0. The maximum atomic E-state index is 14.0. The van der Waals surface area contributed by atoms with Crippen LogP contribution in [0.2, 0.25) is 0 Å². The highest BCUT2D eigenvalue weighted by Gasteiger charge is 2.26. The van der Waals surface area contributed by atoms with Crippen LogP contribution in [0.1, 0.15) is 23.1 Å². The number of hydrogen-bond donors (Lipinski definition) is 1. The average Bonchev–Trinajstić information content (AvgIpc) is 2.83. The number of halogens is 1. The Morgan fingerprint density at radius 3 is 2.76 bits per heavy atom. The van der Waals surface area contributed by atoms with E-state index in [0.29, 0.717) is 6.54 Å². The summed E-state index contributed by atoms with van der Waals surface area (Å²) >= 11 is 0. The molecule has 1 heterocycles. The van der Waals surface area contributed by atoms with Gasteiger partial charge in [-0.25, -0.2) is 4.39 Å². The molecule has 1 aliphatic heterocycles. The van der Waals surface area contributed by atoms with Gasteiger partial charge in [-0.2, -0.15) is 0 Å². The quantitative estimate of drug-likeness (QED) is 0.932. The van der Waals surface area contributed by atoms with Crippen LogP contribution in [0.5, 0.6) is 5.75 Å². The number of benzene rings is 2. The fourth-order valence-corrected chi connectivity index (χ4v) is 2.97. The first-order valence-corrected chi connectivity index (χ1v) is 7.35. The van der Waals surface area contributed by atoms with Crippen LogP contribution in [-0.2, 0) is 6.42 Å². The second-order valence-corrected chi connectivity index (χ2v) is 5.78. The van der Waals surface area contributed by atoms with Crippen molar-refractivity contribution in [3.63, 3.8) is 0 Å². The van der Waals surface area contributed by atoms with E-state index in [4.69, 9.17) is 10.5 Å². The monoisotopic (exact) mass is 285 g/mol. The van der Waals surface area contributed by atoms with Gasteiger partial charge in [-0.3, -0.25) is 0 Å². The summed E-state index contributed by atoms with van der Waals surface area (Å²) in [6, 6.07) is 9.38. The van der Waals surface area contributed by atoms with Crippen molar-refractivity contribution in [2.75, 3.05) is 6.54 Å². The fraction of sp³-hybridized carbons (Fsp3) is 0.333. The van der Waals surface area contributed by atoms with Gasteiger partial charge in [0.25, 0.3) is 0 Å². The van der Waals surface area contributed by atoms with E-state index >= 15 is 0 Å². The summed E-state index contributed by atoms with van der Waals surface area (Å²) in [6.07, 6.45) is 1.60. The molecule has 1 atom stereocenters. The summed E-state index contributed by atoms with van der Waals surface area (Å²) in [7, 11) is 0. The number of hydrogen-bond acceptors (Lipinski definition) is 2. The van der Waals surface area contributed by atoms with Gasteiger partial charge in [0.2, 0.25) is 0 Å². The third kappa shape index (κ3) is 2.66. The van der Waals surface area contributed by atoms with Crippen molar-refractivity contribution in [2.24, 2.45) is 5.73 Å². The van der Waals surface area contributed by atoms with E-state index in [1.807, 2.05) is 13.8 Å². The summed E-state index contributed by atoms with van der Waals surface area (Å²) in [5.41, 5.74) is 10.7. The third-order valence-corrected chi connectivity index (χ3v) is 4.03.